The number of aromatic amines is 1. The third kappa shape index (κ3) is 2.15. The quantitative estimate of drug-likeness (QED) is 0.835. The molecule has 0 atom stereocenters. The zero-order valence-electron chi connectivity index (χ0n) is 8.25. The summed E-state index contributed by atoms with van der Waals surface area (Å²) in [5, 5.41) is 15.1. The molecule has 0 bridgehead atoms. The fraction of sp³-hybridized carbons (Fsp3) is 0.111. The molecule has 0 fully saturated rings. The van der Waals surface area contributed by atoms with Gasteiger partial charge in [-0.3, -0.25) is 9.67 Å². The largest absolute Gasteiger partial charge is 0.388 e. The Hall–Kier alpha value is -1.12. The molecule has 0 amide bonds. The maximum absolute atomic E-state index is 13.7. The van der Waals surface area contributed by atoms with E-state index in [1.165, 1.54) is 0 Å². The molecule has 0 saturated carbocycles. The van der Waals surface area contributed by atoms with Gasteiger partial charge in [0.05, 0.1) is 0 Å². The van der Waals surface area contributed by atoms with Crippen molar-refractivity contribution in [3.63, 3.8) is 0 Å². The van der Waals surface area contributed by atoms with E-state index in [1.54, 1.807) is 0 Å². The Morgan fingerprint density at radius 2 is 2.00 bits per heavy atom. The second kappa shape index (κ2) is 4.63. The number of aliphatic hydroxyl groups is 1. The second-order valence-electron chi connectivity index (χ2n) is 3.16. The van der Waals surface area contributed by atoms with Crippen molar-refractivity contribution in [1.29, 1.82) is 0 Å². The maximum atomic E-state index is 13.7. The summed E-state index contributed by atoms with van der Waals surface area (Å²) < 4.78 is 28.7. The van der Waals surface area contributed by atoms with Crippen LogP contribution in [0.1, 0.15) is 5.82 Å². The minimum absolute atomic E-state index is 0.00849. The number of hydrogen-bond acceptors (Lipinski definition) is 3. The predicted molar refractivity (Wildman–Crippen MR) is 62.3 cm³/mol. The molecule has 0 unspecified atom stereocenters. The van der Waals surface area contributed by atoms with E-state index in [4.69, 9.17) is 17.3 Å². The molecular formula is C9H6BrF2N3OS. The minimum atomic E-state index is -0.802. The molecule has 2 rings (SSSR count). The van der Waals surface area contributed by atoms with E-state index in [9.17, 15) is 8.78 Å². The summed E-state index contributed by atoms with van der Waals surface area (Å²) in [7, 11) is 0. The first-order valence-electron chi connectivity index (χ1n) is 4.46. The van der Waals surface area contributed by atoms with E-state index in [2.05, 4.69) is 26.1 Å². The summed E-state index contributed by atoms with van der Waals surface area (Å²) >= 11 is 7.84. The molecule has 1 aromatic heterocycles. The van der Waals surface area contributed by atoms with Gasteiger partial charge in [-0.1, -0.05) is 15.9 Å². The smallest absolute Gasteiger partial charge is 0.200 e. The lowest BCUT2D eigenvalue weighted by Crippen LogP contribution is -2.06. The Kier molecular flexibility index (Phi) is 3.36. The summed E-state index contributed by atoms with van der Waals surface area (Å²) in [4.78, 5) is 0. The van der Waals surface area contributed by atoms with Crippen LogP contribution in [0.5, 0.6) is 0 Å². The molecule has 90 valence electrons. The Balaban J connectivity index is 2.77. The number of rotatable bonds is 2. The molecule has 0 aliphatic rings. The SMILES string of the molecule is OCc1n[nH]c(=S)n1-c1c(F)cc(Br)cc1F. The molecule has 0 radical (unpaired) electrons. The first-order valence-corrected chi connectivity index (χ1v) is 5.66. The van der Waals surface area contributed by atoms with Gasteiger partial charge in [0.2, 0.25) is 0 Å². The number of halogens is 3. The monoisotopic (exact) mass is 321 g/mol. The van der Waals surface area contributed by atoms with Gasteiger partial charge in [0, 0.05) is 4.47 Å². The van der Waals surface area contributed by atoms with Crippen LogP contribution < -0.4 is 0 Å². The first kappa shape index (κ1) is 12.3. The van der Waals surface area contributed by atoms with Gasteiger partial charge in [-0.05, 0) is 24.4 Å². The molecule has 17 heavy (non-hydrogen) atoms. The number of aromatic nitrogens is 3. The summed E-state index contributed by atoms with van der Waals surface area (Å²) in [5.74, 6) is -1.57. The van der Waals surface area contributed by atoms with Crippen LogP contribution in [0.2, 0.25) is 0 Å². The lowest BCUT2D eigenvalue weighted by molar-refractivity contribution is 0.268. The summed E-state index contributed by atoms with van der Waals surface area (Å²) in [6.07, 6.45) is 0. The van der Waals surface area contributed by atoms with Crippen LogP contribution in [0, 0.1) is 16.4 Å². The van der Waals surface area contributed by atoms with Gasteiger partial charge in [0.15, 0.2) is 22.2 Å². The van der Waals surface area contributed by atoms with E-state index >= 15 is 0 Å². The lowest BCUT2D eigenvalue weighted by atomic mass is 10.3. The summed E-state index contributed by atoms with van der Waals surface area (Å²) in [6, 6.07) is 2.21. The van der Waals surface area contributed by atoms with Gasteiger partial charge in [0.25, 0.3) is 0 Å². The zero-order chi connectivity index (χ0) is 12.6. The number of nitrogens with one attached hydrogen (secondary N) is 1. The normalized spacial score (nSPS) is 10.8. The number of aliphatic hydroxyl groups excluding tert-OH is 1. The van der Waals surface area contributed by atoms with E-state index in [0.717, 1.165) is 16.7 Å². The molecule has 1 heterocycles. The van der Waals surface area contributed by atoms with Crippen molar-refractivity contribution in [2.45, 2.75) is 6.61 Å². The molecule has 8 heteroatoms. The predicted octanol–water partition coefficient (Wildman–Crippen LogP) is 2.46. The summed E-state index contributed by atoms with van der Waals surface area (Å²) in [6.45, 7) is -0.484. The fourth-order valence-electron chi connectivity index (χ4n) is 1.41. The van der Waals surface area contributed by atoms with Crippen molar-refractivity contribution < 1.29 is 13.9 Å². The number of benzene rings is 1. The number of nitrogens with zero attached hydrogens (tertiary/aromatic N) is 2. The lowest BCUT2D eigenvalue weighted by Gasteiger charge is -2.08. The number of hydrogen-bond donors (Lipinski definition) is 2. The van der Waals surface area contributed by atoms with Gasteiger partial charge in [-0.15, -0.1) is 0 Å². The highest BCUT2D eigenvalue weighted by atomic mass is 79.9. The molecular weight excluding hydrogens is 316 g/mol. The molecule has 4 nitrogen and oxygen atoms in total. The van der Waals surface area contributed by atoms with Crippen LogP contribution in [0.3, 0.4) is 0 Å². The van der Waals surface area contributed by atoms with Gasteiger partial charge in [0.1, 0.15) is 12.3 Å². The molecule has 0 spiro atoms. The Bertz CT molecular complexity index is 602. The van der Waals surface area contributed by atoms with E-state index in [0.29, 0.717) is 0 Å². The van der Waals surface area contributed by atoms with Crippen LogP contribution in [-0.2, 0) is 6.61 Å². The highest BCUT2D eigenvalue weighted by Crippen LogP contribution is 2.23. The van der Waals surface area contributed by atoms with Crippen LogP contribution in [0.4, 0.5) is 8.78 Å². The Morgan fingerprint density at radius 1 is 1.41 bits per heavy atom. The van der Waals surface area contributed by atoms with Crippen LogP contribution in [0.15, 0.2) is 16.6 Å². The minimum Gasteiger partial charge on any atom is -0.388 e. The zero-order valence-corrected chi connectivity index (χ0v) is 10.6. The van der Waals surface area contributed by atoms with Crippen molar-refractivity contribution in [2.24, 2.45) is 0 Å². The van der Waals surface area contributed by atoms with Gasteiger partial charge >= 0.3 is 0 Å². The van der Waals surface area contributed by atoms with E-state index in [-0.39, 0.29) is 20.8 Å². The van der Waals surface area contributed by atoms with Gasteiger partial charge < -0.3 is 5.11 Å². The molecule has 0 saturated heterocycles. The first-order chi connectivity index (χ1) is 8.04. The van der Waals surface area contributed by atoms with Gasteiger partial charge in [-0.25, -0.2) is 8.78 Å². The van der Waals surface area contributed by atoms with Crippen molar-refractivity contribution in [1.82, 2.24) is 14.8 Å². The third-order valence-corrected chi connectivity index (χ3v) is 2.82. The average molecular weight is 322 g/mol. The number of H-pyrrole nitrogens is 1. The molecule has 0 aliphatic heterocycles. The van der Waals surface area contributed by atoms with Crippen molar-refractivity contribution >= 4 is 28.1 Å². The van der Waals surface area contributed by atoms with Gasteiger partial charge in [-0.2, -0.15) is 5.10 Å². The standard InChI is InChI=1S/C9H6BrF2N3OS/c10-4-1-5(11)8(6(12)2-4)15-7(3-16)13-14-9(15)17/h1-2,16H,3H2,(H,14,17). The maximum Gasteiger partial charge on any atom is 0.200 e. The topological polar surface area (TPSA) is 53.8 Å². The summed E-state index contributed by atoms with van der Waals surface area (Å²) in [5.41, 5.74) is -0.365. The molecule has 2 aromatic rings. The Labute approximate surface area is 108 Å². The van der Waals surface area contributed by atoms with Crippen molar-refractivity contribution in [3.05, 3.63) is 38.8 Å². The molecule has 0 aliphatic carbocycles. The van der Waals surface area contributed by atoms with Crippen LogP contribution in [0.25, 0.3) is 5.69 Å². The van der Waals surface area contributed by atoms with E-state index < -0.39 is 18.2 Å². The highest BCUT2D eigenvalue weighted by Gasteiger charge is 2.17. The van der Waals surface area contributed by atoms with Crippen molar-refractivity contribution in [2.75, 3.05) is 0 Å². The van der Waals surface area contributed by atoms with Crippen LogP contribution >= 0.6 is 28.1 Å². The van der Waals surface area contributed by atoms with Crippen molar-refractivity contribution in [3.8, 4) is 5.69 Å². The van der Waals surface area contributed by atoms with E-state index in [1.807, 2.05) is 0 Å². The van der Waals surface area contributed by atoms with Crippen LogP contribution in [-0.4, -0.2) is 19.9 Å². The second-order valence-corrected chi connectivity index (χ2v) is 4.46. The Morgan fingerprint density at radius 3 is 2.53 bits per heavy atom. The third-order valence-electron chi connectivity index (χ3n) is 2.09. The highest BCUT2D eigenvalue weighted by molar-refractivity contribution is 9.10. The molecule has 2 N–H and O–H groups in total. The molecule has 1 aromatic carbocycles. The average Bonchev–Trinajstić information content (AvgIpc) is 2.59. The fourth-order valence-corrected chi connectivity index (χ4v) is 2.06.